The Bertz CT molecular complexity index is 2610. The molecule has 6 unspecified atom stereocenters. The van der Waals surface area contributed by atoms with E-state index in [4.69, 9.17) is 28.9 Å². The van der Waals surface area contributed by atoms with E-state index in [1.165, 1.54) is 12.1 Å². The van der Waals surface area contributed by atoms with Gasteiger partial charge in [-0.05, 0) is 120 Å². The van der Waals surface area contributed by atoms with Crippen molar-refractivity contribution in [3.63, 3.8) is 0 Å². The average molecular weight is 910 g/mol. The number of non-ortho nitro benzene ring substituents is 1. The van der Waals surface area contributed by atoms with E-state index in [1.54, 1.807) is 37.3 Å². The number of aliphatic hydroxyl groups is 2. The van der Waals surface area contributed by atoms with Gasteiger partial charge in [0.15, 0.2) is 0 Å². The monoisotopic (exact) mass is 909 g/mol. The summed E-state index contributed by atoms with van der Waals surface area (Å²) in [7, 11) is 3.38. The number of nitro groups is 1. The molecule has 2 aliphatic carbocycles. The molecule has 5 aromatic rings. The summed E-state index contributed by atoms with van der Waals surface area (Å²) in [5, 5.41) is 38.4. The SMILES string of the molecule is C=CCOC12Oc3ccc(Oc4ccc5ccccc5c4)cc3C3C(CCCCO)C(CCCCO)C=C(C(=NOCc4ccc([N+](=O)[O-])cc4)CC1N(C)C(=O)Cc1cccc(OC)c1)C32. The number of unbranched alkanes of at least 4 members (excludes halogenated alkanes) is 2. The summed E-state index contributed by atoms with van der Waals surface area (Å²) in [4.78, 5) is 33.5. The van der Waals surface area contributed by atoms with Crippen LogP contribution in [0.5, 0.6) is 23.0 Å². The Hall–Kier alpha value is -6.54. The van der Waals surface area contributed by atoms with Crippen LogP contribution in [0.1, 0.15) is 67.6 Å². The van der Waals surface area contributed by atoms with Crippen molar-refractivity contribution < 1.29 is 43.7 Å². The van der Waals surface area contributed by atoms with Crippen molar-refractivity contribution >= 4 is 28.1 Å². The summed E-state index contributed by atoms with van der Waals surface area (Å²) in [6.07, 6.45) is 8.70. The van der Waals surface area contributed by atoms with Gasteiger partial charge in [-0.2, -0.15) is 0 Å². The topological polar surface area (TPSA) is 162 Å². The van der Waals surface area contributed by atoms with Gasteiger partial charge in [0.25, 0.3) is 5.69 Å². The van der Waals surface area contributed by atoms with Crippen molar-refractivity contribution in [3.05, 3.63) is 160 Å². The maximum Gasteiger partial charge on any atom is 0.269 e. The van der Waals surface area contributed by atoms with Crippen molar-refractivity contribution in [3.8, 4) is 23.0 Å². The summed E-state index contributed by atoms with van der Waals surface area (Å²) < 4.78 is 26.5. The first-order valence-electron chi connectivity index (χ1n) is 23.1. The fourth-order valence-corrected chi connectivity index (χ4v) is 10.3. The summed E-state index contributed by atoms with van der Waals surface area (Å²) >= 11 is 0. The van der Waals surface area contributed by atoms with E-state index in [2.05, 4.69) is 30.9 Å². The molecular weight excluding hydrogens is 851 g/mol. The highest BCUT2D eigenvalue weighted by atomic mass is 16.7. The second kappa shape index (κ2) is 21.4. The number of carbonyl (C=O) groups excluding carboxylic acids is 1. The van der Waals surface area contributed by atoms with Gasteiger partial charge in [-0.15, -0.1) is 6.58 Å². The van der Waals surface area contributed by atoms with E-state index in [0.29, 0.717) is 47.1 Å². The molecule has 1 saturated carbocycles. The van der Waals surface area contributed by atoms with Crippen LogP contribution in [0.15, 0.2) is 139 Å². The Morgan fingerprint density at radius 3 is 2.39 bits per heavy atom. The highest BCUT2D eigenvalue weighted by Crippen LogP contribution is 2.62. The number of allylic oxidation sites excluding steroid dienone is 1. The molecule has 13 heteroatoms. The third-order valence-corrected chi connectivity index (χ3v) is 13.5. The molecular formula is C54H59N3O10. The number of likely N-dealkylation sites (N-methyl/N-ethyl adjacent to an activating group) is 1. The second-order valence-corrected chi connectivity index (χ2v) is 17.6. The molecule has 1 aliphatic heterocycles. The maximum atomic E-state index is 14.7. The molecule has 0 spiro atoms. The van der Waals surface area contributed by atoms with E-state index in [9.17, 15) is 25.1 Å². The van der Waals surface area contributed by atoms with Crippen molar-refractivity contribution in [1.82, 2.24) is 4.90 Å². The fourth-order valence-electron chi connectivity index (χ4n) is 10.3. The third kappa shape index (κ3) is 10.2. The molecule has 0 radical (unpaired) electrons. The number of benzene rings is 5. The van der Waals surface area contributed by atoms with Crippen LogP contribution in [0, 0.1) is 27.9 Å². The van der Waals surface area contributed by atoms with Crippen molar-refractivity contribution in [1.29, 1.82) is 0 Å². The minimum atomic E-state index is -1.43. The zero-order chi connectivity index (χ0) is 46.9. The molecule has 1 amide bonds. The van der Waals surface area contributed by atoms with Gasteiger partial charge in [-0.25, -0.2) is 0 Å². The number of aliphatic hydroxyl groups excluding tert-OH is 2. The fraction of sp³-hybridized carbons (Fsp3) is 0.370. The zero-order valence-corrected chi connectivity index (χ0v) is 38.1. The predicted octanol–water partition coefficient (Wildman–Crippen LogP) is 10.1. The number of rotatable bonds is 21. The van der Waals surface area contributed by atoms with E-state index in [1.807, 2.05) is 66.7 Å². The van der Waals surface area contributed by atoms with Gasteiger partial charge in [-0.1, -0.05) is 72.6 Å². The lowest BCUT2D eigenvalue weighted by Crippen LogP contribution is -2.69. The number of hydrogen-bond donors (Lipinski definition) is 2. The first-order valence-corrected chi connectivity index (χ1v) is 23.1. The Morgan fingerprint density at radius 1 is 0.896 bits per heavy atom. The number of methoxy groups -OCH3 is 1. The molecule has 0 bridgehead atoms. The standard InChI is InChI=1S/C54H59N3O10/c1-4-28-64-54-50(56(2)51(60)30-37-12-11-16-42(29-37)63-3)34-48(55-65-35-36-18-21-41(22-19-36)57(61)62)46-32-40(15-7-9-26-58)45(17-8-10-27-59)52(53(46)54)47-33-44(24-25-49(47)67-54)66-43-23-20-38-13-5-6-14-39(38)31-43/h4-6,11-14,16,18-25,29,31-33,40,45,50,52-53,58-59H,1,7-10,15,17,26-28,30,34-35H2,2-3H3. The Kier molecular flexibility index (Phi) is 15.0. The number of nitrogens with zero attached hydrogens (tertiary/aromatic N) is 3. The minimum absolute atomic E-state index is 0.0167. The molecule has 3 aliphatic rings. The minimum Gasteiger partial charge on any atom is -0.497 e. The molecule has 67 heavy (non-hydrogen) atoms. The van der Waals surface area contributed by atoms with Gasteiger partial charge in [0.2, 0.25) is 11.7 Å². The Morgan fingerprint density at radius 2 is 1.64 bits per heavy atom. The maximum absolute atomic E-state index is 14.7. The summed E-state index contributed by atoms with van der Waals surface area (Å²) in [5.74, 6) is 0.269. The average Bonchev–Trinajstić information content (AvgIpc) is 3.34. The van der Waals surface area contributed by atoms with Gasteiger partial charge in [0.05, 0.1) is 36.7 Å². The molecule has 13 nitrogen and oxygen atoms in total. The summed E-state index contributed by atoms with van der Waals surface area (Å²) in [6.45, 7) is 4.36. The number of carbonyl (C=O) groups is 1. The van der Waals surface area contributed by atoms with Crippen LogP contribution in [-0.4, -0.2) is 77.5 Å². The van der Waals surface area contributed by atoms with Gasteiger partial charge >= 0.3 is 0 Å². The van der Waals surface area contributed by atoms with Gasteiger partial charge < -0.3 is 38.9 Å². The molecule has 350 valence electrons. The van der Waals surface area contributed by atoms with E-state index in [-0.39, 0.29) is 68.6 Å². The normalized spacial score (nSPS) is 22.2. The van der Waals surface area contributed by atoms with Gasteiger partial charge in [-0.3, -0.25) is 14.9 Å². The number of fused-ring (bicyclic) bond motifs is 3. The molecule has 6 atom stereocenters. The van der Waals surface area contributed by atoms with E-state index < -0.39 is 22.7 Å². The van der Waals surface area contributed by atoms with Crippen LogP contribution in [0.4, 0.5) is 5.69 Å². The highest BCUT2D eigenvalue weighted by molar-refractivity contribution is 6.03. The zero-order valence-electron chi connectivity index (χ0n) is 38.1. The molecule has 5 aromatic carbocycles. The van der Waals surface area contributed by atoms with Crippen LogP contribution in [0.3, 0.4) is 0 Å². The first kappa shape index (κ1) is 47.0. The van der Waals surface area contributed by atoms with Gasteiger partial charge in [0, 0.05) is 50.3 Å². The molecule has 0 saturated heterocycles. The lowest BCUT2D eigenvalue weighted by Gasteiger charge is -2.59. The van der Waals surface area contributed by atoms with Crippen LogP contribution in [0.25, 0.3) is 10.8 Å². The molecule has 8 rings (SSSR count). The lowest BCUT2D eigenvalue weighted by atomic mass is 9.55. The number of ether oxygens (including phenoxy) is 4. The third-order valence-electron chi connectivity index (χ3n) is 13.5. The quantitative estimate of drug-likeness (QED) is 0.0314. The first-order chi connectivity index (χ1) is 32.7. The number of hydrogen-bond acceptors (Lipinski definition) is 11. The van der Waals surface area contributed by atoms with Crippen LogP contribution >= 0.6 is 0 Å². The van der Waals surface area contributed by atoms with Crippen LogP contribution in [0.2, 0.25) is 0 Å². The van der Waals surface area contributed by atoms with Crippen molar-refractivity contribution in [2.45, 2.75) is 75.7 Å². The number of nitro benzene ring substituents is 1. The van der Waals surface area contributed by atoms with Crippen LogP contribution < -0.4 is 14.2 Å². The largest absolute Gasteiger partial charge is 0.497 e. The number of oxime groups is 1. The molecule has 1 fully saturated rings. The van der Waals surface area contributed by atoms with Crippen LogP contribution in [-0.2, 0) is 27.4 Å². The molecule has 0 aromatic heterocycles. The van der Waals surface area contributed by atoms with E-state index in [0.717, 1.165) is 53.2 Å². The smallest absolute Gasteiger partial charge is 0.269 e. The second-order valence-electron chi connectivity index (χ2n) is 17.6. The highest BCUT2D eigenvalue weighted by Gasteiger charge is 2.65. The van der Waals surface area contributed by atoms with Gasteiger partial charge in [0.1, 0.15) is 35.6 Å². The lowest BCUT2D eigenvalue weighted by molar-refractivity contribution is -0.384. The molecule has 2 N–H and O–H groups in total. The van der Waals surface area contributed by atoms with Crippen molar-refractivity contribution in [2.24, 2.45) is 22.9 Å². The number of amides is 1. The Balaban J connectivity index is 1.28. The Labute approximate surface area is 391 Å². The summed E-state index contributed by atoms with van der Waals surface area (Å²) in [5.41, 5.74) is 3.93. The van der Waals surface area contributed by atoms with E-state index >= 15 is 0 Å². The molecule has 1 heterocycles. The van der Waals surface area contributed by atoms with Crippen molar-refractivity contribution in [2.75, 3.05) is 34.0 Å². The predicted molar refractivity (Wildman–Crippen MR) is 256 cm³/mol. The summed E-state index contributed by atoms with van der Waals surface area (Å²) in [6, 6.07) is 33.0.